The Kier molecular flexibility index (Phi) is 3.31. The Hall–Kier alpha value is -0.860. The third kappa shape index (κ3) is 2.45. The number of carbonyl (C=O) groups is 1. The average molecular weight is 238 g/mol. The van der Waals surface area contributed by atoms with E-state index in [2.05, 4.69) is 5.32 Å². The van der Waals surface area contributed by atoms with Gasteiger partial charge in [-0.3, -0.25) is 4.79 Å². The van der Waals surface area contributed by atoms with Gasteiger partial charge in [0.25, 0.3) is 0 Å². The number of hydrogen-bond acceptors (Lipinski definition) is 2. The van der Waals surface area contributed by atoms with Gasteiger partial charge in [-0.1, -0.05) is 30.7 Å². The van der Waals surface area contributed by atoms with Gasteiger partial charge in [-0.15, -0.1) is 0 Å². The Bertz CT molecular complexity index is 397. The molecule has 0 spiro atoms. The molecule has 0 bridgehead atoms. The van der Waals surface area contributed by atoms with Crippen molar-refractivity contribution in [3.63, 3.8) is 0 Å². The highest BCUT2D eigenvalue weighted by Gasteiger charge is 2.35. The van der Waals surface area contributed by atoms with Crippen LogP contribution >= 0.6 is 11.6 Å². The topological polar surface area (TPSA) is 29.1 Å². The maximum Gasteiger partial charge on any atom is 0.144 e. The van der Waals surface area contributed by atoms with Gasteiger partial charge in [-0.2, -0.15) is 0 Å². The first-order chi connectivity index (χ1) is 7.60. The molecule has 1 saturated heterocycles. The third-order valence-electron chi connectivity index (χ3n) is 3.30. The number of hydrogen-bond donors (Lipinski definition) is 1. The van der Waals surface area contributed by atoms with E-state index in [0.29, 0.717) is 17.2 Å². The van der Waals surface area contributed by atoms with Crippen LogP contribution in [0.1, 0.15) is 18.9 Å². The summed E-state index contributed by atoms with van der Waals surface area (Å²) in [5.41, 5.74) is 0.813. The fourth-order valence-electron chi connectivity index (χ4n) is 2.10. The van der Waals surface area contributed by atoms with E-state index in [-0.39, 0.29) is 5.41 Å². The Morgan fingerprint density at radius 1 is 1.56 bits per heavy atom. The molecule has 16 heavy (non-hydrogen) atoms. The van der Waals surface area contributed by atoms with Crippen LogP contribution in [0, 0.1) is 5.41 Å². The average Bonchev–Trinajstić information content (AvgIpc) is 2.66. The Morgan fingerprint density at radius 2 is 2.38 bits per heavy atom. The molecule has 1 aliphatic heterocycles. The molecule has 3 heteroatoms. The van der Waals surface area contributed by atoms with Gasteiger partial charge < -0.3 is 5.32 Å². The van der Waals surface area contributed by atoms with E-state index in [1.54, 1.807) is 0 Å². The van der Waals surface area contributed by atoms with Gasteiger partial charge >= 0.3 is 0 Å². The van der Waals surface area contributed by atoms with Gasteiger partial charge in [0, 0.05) is 23.4 Å². The van der Waals surface area contributed by atoms with Crippen LogP contribution in [-0.4, -0.2) is 18.9 Å². The number of rotatable bonds is 3. The van der Waals surface area contributed by atoms with Gasteiger partial charge in [0.15, 0.2) is 0 Å². The molecule has 1 fully saturated rings. The second-order valence-corrected chi connectivity index (χ2v) is 5.15. The van der Waals surface area contributed by atoms with Crippen LogP contribution in [0.25, 0.3) is 0 Å². The number of nitrogens with one attached hydrogen (secondary N) is 1. The highest BCUT2D eigenvalue weighted by atomic mass is 35.5. The zero-order valence-corrected chi connectivity index (χ0v) is 10.2. The zero-order chi connectivity index (χ0) is 11.6. The van der Waals surface area contributed by atoms with Gasteiger partial charge in [-0.05, 0) is 30.7 Å². The van der Waals surface area contributed by atoms with Crippen molar-refractivity contribution < 1.29 is 4.79 Å². The maximum atomic E-state index is 12.2. The van der Waals surface area contributed by atoms with Crippen LogP contribution in [-0.2, 0) is 11.2 Å². The molecule has 0 aliphatic carbocycles. The third-order valence-corrected chi connectivity index (χ3v) is 3.53. The van der Waals surface area contributed by atoms with Crippen molar-refractivity contribution >= 4 is 17.4 Å². The number of Topliss-reactive ketones (excluding diaryl/α,β-unsaturated/α-hetero) is 1. The van der Waals surface area contributed by atoms with E-state index in [1.165, 1.54) is 0 Å². The first kappa shape index (κ1) is 11.6. The SMILES string of the molecule is CC1(C(=O)Cc2cccc(Cl)c2)CCNC1. The quantitative estimate of drug-likeness (QED) is 0.875. The monoisotopic (exact) mass is 237 g/mol. The highest BCUT2D eigenvalue weighted by Crippen LogP contribution is 2.27. The predicted octanol–water partition coefficient (Wildman–Crippen LogP) is 2.45. The fraction of sp³-hybridized carbons (Fsp3) is 0.462. The molecule has 0 aromatic heterocycles. The molecule has 0 amide bonds. The smallest absolute Gasteiger partial charge is 0.144 e. The van der Waals surface area contributed by atoms with Gasteiger partial charge in [0.2, 0.25) is 0 Å². The molecule has 2 nitrogen and oxygen atoms in total. The normalized spacial score (nSPS) is 24.6. The van der Waals surface area contributed by atoms with E-state index in [9.17, 15) is 4.79 Å². The molecular weight excluding hydrogens is 222 g/mol. The first-order valence-corrected chi connectivity index (χ1v) is 5.96. The lowest BCUT2D eigenvalue weighted by atomic mass is 9.82. The first-order valence-electron chi connectivity index (χ1n) is 5.59. The summed E-state index contributed by atoms with van der Waals surface area (Å²) in [6.45, 7) is 3.78. The van der Waals surface area contributed by atoms with Crippen molar-refractivity contribution in [2.24, 2.45) is 5.41 Å². The molecule has 86 valence electrons. The summed E-state index contributed by atoms with van der Waals surface area (Å²) < 4.78 is 0. The number of benzene rings is 1. The number of halogens is 1. The summed E-state index contributed by atoms with van der Waals surface area (Å²) in [5.74, 6) is 0.305. The van der Waals surface area contributed by atoms with Crippen molar-refractivity contribution in [1.29, 1.82) is 0 Å². The van der Waals surface area contributed by atoms with Crippen LogP contribution < -0.4 is 5.32 Å². The second-order valence-electron chi connectivity index (χ2n) is 4.72. The number of carbonyl (C=O) groups excluding carboxylic acids is 1. The summed E-state index contributed by atoms with van der Waals surface area (Å²) in [6, 6.07) is 7.54. The summed E-state index contributed by atoms with van der Waals surface area (Å²) in [6.07, 6.45) is 1.42. The van der Waals surface area contributed by atoms with Crippen LogP contribution in [0.15, 0.2) is 24.3 Å². The lowest BCUT2D eigenvalue weighted by Crippen LogP contribution is -2.31. The molecule has 1 aromatic rings. The summed E-state index contributed by atoms with van der Waals surface area (Å²) in [5, 5.41) is 3.94. The van der Waals surface area contributed by atoms with Crippen LogP contribution in [0.5, 0.6) is 0 Å². The molecule has 1 unspecified atom stereocenters. The van der Waals surface area contributed by atoms with Crippen molar-refractivity contribution in [3.05, 3.63) is 34.9 Å². The van der Waals surface area contributed by atoms with Crippen LogP contribution in [0.3, 0.4) is 0 Å². The van der Waals surface area contributed by atoms with Crippen molar-refractivity contribution in [2.75, 3.05) is 13.1 Å². The van der Waals surface area contributed by atoms with Gasteiger partial charge in [0.05, 0.1) is 0 Å². The van der Waals surface area contributed by atoms with Crippen LogP contribution in [0.2, 0.25) is 5.02 Å². The van der Waals surface area contributed by atoms with Gasteiger partial charge in [-0.25, -0.2) is 0 Å². The molecule has 0 radical (unpaired) electrons. The van der Waals surface area contributed by atoms with E-state index < -0.39 is 0 Å². The zero-order valence-electron chi connectivity index (χ0n) is 9.42. The maximum absolute atomic E-state index is 12.2. The summed E-state index contributed by atoms with van der Waals surface area (Å²) in [7, 11) is 0. The molecule has 0 saturated carbocycles. The molecule has 1 aliphatic rings. The standard InChI is InChI=1S/C13H16ClNO/c1-13(5-6-15-9-13)12(16)8-10-3-2-4-11(14)7-10/h2-4,7,15H,5-6,8-9H2,1H3. The number of ketones is 1. The highest BCUT2D eigenvalue weighted by molar-refractivity contribution is 6.30. The molecule has 1 N–H and O–H groups in total. The molecule has 1 aromatic carbocycles. The van der Waals surface area contributed by atoms with Crippen LogP contribution in [0.4, 0.5) is 0 Å². The summed E-state index contributed by atoms with van der Waals surface area (Å²) in [4.78, 5) is 12.2. The van der Waals surface area contributed by atoms with E-state index in [4.69, 9.17) is 11.6 Å². The van der Waals surface area contributed by atoms with Crippen molar-refractivity contribution in [1.82, 2.24) is 5.32 Å². The lowest BCUT2D eigenvalue weighted by molar-refractivity contribution is -0.126. The van der Waals surface area contributed by atoms with E-state index in [0.717, 1.165) is 25.1 Å². The predicted molar refractivity (Wildman–Crippen MR) is 65.8 cm³/mol. The minimum atomic E-state index is -0.192. The van der Waals surface area contributed by atoms with Gasteiger partial charge in [0.1, 0.15) is 5.78 Å². The van der Waals surface area contributed by atoms with E-state index >= 15 is 0 Å². The van der Waals surface area contributed by atoms with E-state index in [1.807, 2.05) is 31.2 Å². The van der Waals surface area contributed by atoms with Crippen molar-refractivity contribution in [2.45, 2.75) is 19.8 Å². The second kappa shape index (κ2) is 4.56. The minimum absolute atomic E-state index is 0.192. The summed E-state index contributed by atoms with van der Waals surface area (Å²) >= 11 is 5.90. The fourth-order valence-corrected chi connectivity index (χ4v) is 2.31. The Balaban J connectivity index is 2.07. The largest absolute Gasteiger partial charge is 0.316 e. The molecule has 1 heterocycles. The Labute approximate surface area is 101 Å². The lowest BCUT2D eigenvalue weighted by Gasteiger charge is -2.20. The van der Waals surface area contributed by atoms with Crippen molar-refractivity contribution in [3.8, 4) is 0 Å². The molecular formula is C13H16ClNO. The minimum Gasteiger partial charge on any atom is -0.316 e. The Morgan fingerprint density at radius 3 is 3.00 bits per heavy atom. The molecule has 1 atom stereocenters. The molecule has 2 rings (SSSR count).